The molecular weight excluding hydrogens is 684 g/mol. The summed E-state index contributed by atoms with van der Waals surface area (Å²) in [6, 6.07) is 32.6. The molecule has 13 heteroatoms. The molecule has 0 saturated carbocycles. The number of aromatic amines is 2. The first-order valence-electron chi connectivity index (χ1n) is 16.7. The van der Waals surface area contributed by atoms with Crippen molar-refractivity contribution in [2.24, 2.45) is 0 Å². The lowest BCUT2D eigenvalue weighted by Gasteiger charge is -2.40. The van der Waals surface area contributed by atoms with Gasteiger partial charge in [-0.05, 0) is 55.0 Å². The Morgan fingerprint density at radius 3 is 1.45 bits per heavy atom. The highest BCUT2D eigenvalue weighted by atomic mass is 16.7. The van der Waals surface area contributed by atoms with E-state index in [0.29, 0.717) is 12.0 Å². The lowest BCUT2D eigenvalue weighted by atomic mass is 10.0. The third kappa shape index (κ3) is 10.5. The van der Waals surface area contributed by atoms with Gasteiger partial charge in [-0.25, -0.2) is 24.0 Å². The first kappa shape index (κ1) is 37.7. The molecule has 1 saturated heterocycles. The average Bonchev–Trinajstić information content (AvgIpc) is 3.19. The van der Waals surface area contributed by atoms with Crippen LogP contribution in [0.4, 0.5) is 0 Å². The number of rotatable bonds is 10. The molecule has 272 valence electrons. The molecule has 4 aromatic carbocycles. The third-order valence-corrected chi connectivity index (χ3v) is 7.80. The zero-order valence-corrected chi connectivity index (χ0v) is 28.5. The summed E-state index contributed by atoms with van der Waals surface area (Å²) in [5.74, 6) is -3.02. The van der Waals surface area contributed by atoms with E-state index in [1.54, 1.807) is 109 Å². The van der Waals surface area contributed by atoms with E-state index >= 15 is 0 Å². The molecular formula is C40H36N2O11. The lowest BCUT2D eigenvalue weighted by molar-refractivity contribution is -0.250. The molecule has 0 amide bonds. The number of ether oxygens (including phenoxy) is 5. The number of hydrogen-bond donors (Lipinski definition) is 2. The fraction of sp³-hybridized carbons (Fsp3) is 0.200. The van der Waals surface area contributed by atoms with Crippen LogP contribution in [-0.4, -0.2) is 65.1 Å². The van der Waals surface area contributed by atoms with Crippen LogP contribution in [0.5, 0.6) is 0 Å². The van der Waals surface area contributed by atoms with Gasteiger partial charge in [-0.1, -0.05) is 86.1 Å². The molecule has 0 bridgehead atoms. The molecule has 6 rings (SSSR count). The van der Waals surface area contributed by atoms with Crippen LogP contribution in [0, 0.1) is 0 Å². The fourth-order valence-corrected chi connectivity index (χ4v) is 5.17. The minimum atomic E-state index is -1.50. The molecule has 2 heterocycles. The van der Waals surface area contributed by atoms with Gasteiger partial charge in [0.05, 0.1) is 28.9 Å². The van der Waals surface area contributed by atoms with Crippen molar-refractivity contribution in [3.05, 3.63) is 176 Å². The highest BCUT2D eigenvalue weighted by molar-refractivity contribution is 5.92. The second-order valence-corrected chi connectivity index (χ2v) is 11.6. The van der Waals surface area contributed by atoms with Crippen molar-refractivity contribution in [1.82, 2.24) is 9.97 Å². The Hall–Kier alpha value is -6.60. The predicted molar refractivity (Wildman–Crippen MR) is 190 cm³/mol. The highest BCUT2D eigenvalue weighted by Crippen LogP contribution is 2.28. The topological polar surface area (TPSA) is 180 Å². The van der Waals surface area contributed by atoms with Gasteiger partial charge in [-0.2, -0.15) is 0 Å². The first-order chi connectivity index (χ1) is 25.7. The molecule has 53 heavy (non-hydrogen) atoms. The summed E-state index contributed by atoms with van der Waals surface area (Å²) in [4.78, 5) is 78.4. The second-order valence-electron chi connectivity index (χ2n) is 11.6. The van der Waals surface area contributed by atoms with Gasteiger partial charge in [0.25, 0.3) is 5.56 Å². The maximum Gasteiger partial charge on any atom is 0.340 e. The van der Waals surface area contributed by atoms with Crippen LogP contribution in [0.3, 0.4) is 0 Å². The molecule has 1 fully saturated rings. The van der Waals surface area contributed by atoms with E-state index in [-0.39, 0.29) is 34.4 Å². The van der Waals surface area contributed by atoms with Gasteiger partial charge in [0.15, 0.2) is 12.2 Å². The normalized spacial score (nSPS) is 17.6. The van der Waals surface area contributed by atoms with Crippen LogP contribution in [0.1, 0.15) is 60.3 Å². The van der Waals surface area contributed by atoms with E-state index in [2.05, 4.69) is 9.97 Å². The zero-order chi connectivity index (χ0) is 37.6. The Morgan fingerprint density at radius 1 is 0.604 bits per heavy atom. The maximum atomic E-state index is 13.2. The van der Waals surface area contributed by atoms with Crippen LogP contribution in [-0.2, 0) is 30.1 Å². The van der Waals surface area contributed by atoms with Gasteiger partial charge >= 0.3 is 29.6 Å². The number of aromatic nitrogens is 2. The Balaban J connectivity index is 0.000000422. The second kappa shape index (κ2) is 18.6. The monoisotopic (exact) mass is 720 g/mol. The first-order valence-corrected chi connectivity index (χ1v) is 16.7. The number of nitrogens with one attached hydrogen (secondary N) is 2. The van der Waals surface area contributed by atoms with Crippen LogP contribution in [0.25, 0.3) is 0 Å². The van der Waals surface area contributed by atoms with Crippen LogP contribution < -0.4 is 11.2 Å². The summed E-state index contributed by atoms with van der Waals surface area (Å²) in [5, 5.41) is 0. The van der Waals surface area contributed by atoms with Crippen molar-refractivity contribution >= 4 is 23.9 Å². The molecule has 5 aromatic rings. The van der Waals surface area contributed by atoms with Gasteiger partial charge in [0.1, 0.15) is 0 Å². The number of carbonyl (C=O) groups is 4. The molecule has 1 aliphatic heterocycles. The largest absolute Gasteiger partial charge is 0.452 e. The summed E-state index contributed by atoms with van der Waals surface area (Å²) < 4.78 is 28.7. The Bertz CT molecular complexity index is 1970. The minimum absolute atomic E-state index is 0.196. The summed E-state index contributed by atoms with van der Waals surface area (Å²) in [6.07, 6.45) is -2.55. The standard InChI is InChI=1S/C33H26O9.C7H10N2O2/c34-29(22-13-5-1-6-14-22)39-26-21-38-33(42-32(37)25-19-11-4-12-20-25)28(41-31(36)24-17-9-3-10-18-24)27(26)40-30(35)23-15-7-2-8-16-23;1-2-3-5-4-8-7(11)9-6(5)10/h1-20,26-28,33H,21H2;4H,2-3H2,1H3,(H2,8,9,10,11). The molecule has 13 nitrogen and oxygen atoms in total. The van der Waals surface area contributed by atoms with E-state index in [1.165, 1.54) is 18.3 Å². The third-order valence-electron chi connectivity index (χ3n) is 7.80. The summed E-state index contributed by atoms with van der Waals surface area (Å²) >= 11 is 0. The fourth-order valence-electron chi connectivity index (χ4n) is 5.17. The molecule has 0 aliphatic carbocycles. The maximum absolute atomic E-state index is 13.2. The Kier molecular flexibility index (Phi) is 13.2. The van der Waals surface area contributed by atoms with Crippen molar-refractivity contribution in [2.45, 2.75) is 44.4 Å². The Morgan fingerprint density at radius 2 is 1.02 bits per heavy atom. The quantitative estimate of drug-likeness (QED) is 0.148. The number of H-pyrrole nitrogens is 2. The van der Waals surface area contributed by atoms with Gasteiger partial charge < -0.3 is 28.7 Å². The highest BCUT2D eigenvalue weighted by Gasteiger charge is 2.50. The molecule has 4 unspecified atom stereocenters. The van der Waals surface area contributed by atoms with Crippen LogP contribution in [0.15, 0.2) is 137 Å². The molecule has 1 aliphatic rings. The van der Waals surface area contributed by atoms with Gasteiger partial charge in [-0.15, -0.1) is 0 Å². The van der Waals surface area contributed by atoms with Crippen LogP contribution in [0.2, 0.25) is 0 Å². The van der Waals surface area contributed by atoms with Gasteiger partial charge in [-0.3, -0.25) is 9.78 Å². The molecule has 0 radical (unpaired) electrons. The smallest absolute Gasteiger partial charge is 0.340 e. The summed E-state index contributed by atoms with van der Waals surface area (Å²) in [6.45, 7) is 1.65. The van der Waals surface area contributed by atoms with E-state index in [9.17, 15) is 28.8 Å². The van der Waals surface area contributed by atoms with Crippen molar-refractivity contribution in [1.29, 1.82) is 0 Å². The predicted octanol–water partition coefficient (Wildman–Crippen LogP) is 4.89. The van der Waals surface area contributed by atoms with Crippen molar-refractivity contribution in [3.8, 4) is 0 Å². The summed E-state index contributed by atoms with van der Waals surface area (Å²) in [7, 11) is 0. The van der Waals surface area contributed by atoms with Crippen molar-refractivity contribution in [2.75, 3.05) is 6.61 Å². The number of esters is 4. The Labute approximate surface area is 303 Å². The van der Waals surface area contributed by atoms with E-state index in [1.807, 2.05) is 6.92 Å². The molecule has 0 spiro atoms. The van der Waals surface area contributed by atoms with E-state index in [0.717, 1.165) is 6.42 Å². The number of carbonyl (C=O) groups excluding carboxylic acids is 4. The van der Waals surface area contributed by atoms with Crippen LogP contribution >= 0.6 is 0 Å². The minimum Gasteiger partial charge on any atom is -0.452 e. The van der Waals surface area contributed by atoms with Crippen molar-refractivity contribution < 1.29 is 42.9 Å². The number of hydrogen-bond acceptors (Lipinski definition) is 11. The van der Waals surface area contributed by atoms with Crippen molar-refractivity contribution in [3.63, 3.8) is 0 Å². The van der Waals surface area contributed by atoms with Gasteiger partial charge in [0.2, 0.25) is 12.4 Å². The average molecular weight is 721 g/mol. The molecule has 1 aromatic heterocycles. The zero-order valence-electron chi connectivity index (χ0n) is 28.5. The molecule has 4 atom stereocenters. The number of aryl methyl sites for hydroxylation is 1. The van der Waals surface area contributed by atoms with E-state index in [4.69, 9.17) is 23.7 Å². The SMILES string of the molecule is CCCc1c[nH]c(=O)[nH]c1=O.O=C(OC1COC(OC(=O)c2ccccc2)C(OC(=O)c2ccccc2)C1OC(=O)c1ccccc1)c1ccccc1. The summed E-state index contributed by atoms with van der Waals surface area (Å²) in [5.41, 5.74) is 0.786. The molecule has 2 N–H and O–H groups in total. The van der Waals surface area contributed by atoms with E-state index < -0.39 is 54.2 Å². The van der Waals surface area contributed by atoms with Gasteiger partial charge in [0, 0.05) is 11.8 Å². The lowest BCUT2D eigenvalue weighted by Crippen LogP contribution is -2.58. The number of benzene rings is 4.